The number of carbonyl (C=O) groups excluding carboxylic acids is 2. The van der Waals surface area contributed by atoms with Crippen LogP contribution in [0.25, 0.3) is 0 Å². The van der Waals surface area contributed by atoms with Gasteiger partial charge in [0.2, 0.25) is 0 Å². The predicted octanol–water partition coefficient (Wildman–Crippen LogP) is 0.267. The Balaban J connectivity index is 2.13. The number of rotatable bonds is 1. The van der Waals surface area contributed by atoms with Gasteiger partial charge in [0.05, 0.1) is 39.5 Å². The smallest absolute Gasteiger partial charge is 0.428 e. The second kappa shape index (κ2) is 6.95. The molecule has 0 aromatic heterocycles. The lowest BCUT2D eigenvalue weighted by Gasteiger charge is -2.46. The van der Waals surface area contributed by atoms with E-state index in [4.69, 9.17) is 4.74 Å². The summed E-state index contributed by atoms with van der Waals surface area (Å²) < 4.78 is 9.38. The SMILES string of the molecule is COC(=O)N1C[C@@H](O)[C@H](N2CCCCC2)CN1C(=O)OC. The van der Waals surface area contributed by atoms with Crippen molar-refractivity contribution < 1.29 is 24.2 Å². The molecule has 1 N–H and O–H groups in total. The molecule has 2 aliphatic rings. The molecule has 0 aliphatic carbocycles. The molecule has 0 aromatic carbocycles. The van der Waals surface area contributed by atoms with Gasteiger partial charge in [0.25, 0.3) is 0 Å². The van der Waals surface area contributed by atoms with E-state index in [0.717, 1.165) is 30.9 Å². The molecule has 2 amide bonds. The van der Waals surface area contributed by atoms with Crippen LogP contribution in [0.2, 0.25) is 0 Å². The molecule has 2 heterocycles. The van der Waals surface area contributed by atoms with Gasteiger partial charge in [-0.15, -0.1) is 0 Å². The van der Waals surface area contributed by atoms with E-state index in [1.54, 1.807) is 0 Å². The lowest BCUT2D eigenvalue weighted by molar-refractivity contribution is -0.105. The highest BCUT2D eigenvalue weighted by Crippen LogP contribution is 2.22. The summed E-state index contributed by atoms with van der Waals surface area (Å²) in [4.78, 5) is 25.8. The van der Waals surface area contributed by atoms with E-state index in [-0.39, 0.29) is 19.1 Å². The molecular formula is C13H23N3O5. The summed E-state index contributed by atoms with van der Waals surface area (Å²) in [6.07, 6.45) is 1.33. The quantitative estimate of drug-likeness (QED) is 0.748. The normalized spacial score (nSPS) is 27.4. The number of aliphatic hydroxyl groups excluding tert-OH is 1. The van der Waals surface area contributed by atoms with Crippen LogP contribution in [0.1, 0.15) is 19.3 Å². The molecule has 0 radical (unpaired) electrons. The Hall–Kier alpha value is -1.54. The largest absolute Gasteiger partial charge is 0.452 e. The summed E-state index contributed by atoms with van der Waals surface area (Å²) in [7, 11) is 2.50. The first-order valence-corrected chi connectivity index (χ1v) is 7.21. The number of nitrogens with zero attached hydrogens (tertiary/aromatic N) is 3. The molecule has 120 valence electrons. The zero-order chi connectivity index (χ0) is 15.4. The fourth-order valence-corrected chi connectivity index (χ4v) is 2.96. The van der Waals surface area contributed by atoms with Crippen molar-refractivity contribution in [2.45, 2.75) is 31.4 Å². The molecular weight excluding hydrogens is 278 g/mol. The van der Waals surface area contributed by atoms with Crippen LogP contribution in [-0.2, 0) is 9.47 Å². The van der Waals surface area contributed by atoms with Crippen molar-refractivity contribution in [3.8, 4) is 0 Å². The number of hydrogen-bond donors (Lipinski definition) is 1. The molecule has 21 heavy (non-hydrogen) atoms. The Labute approximate surface area is 124 Å². The zero-order valence-electron chi connectivity index (χ0n) is 12.5. The standard InChI is InChI=1S/C13H23N3O5/c1-20-12(18)15-8-10(14-6-4-3-5-7-14)11(17)9-16(15)13(19)21-2/h10-11,17H,3-9H2,1-2H3/t10-,11-/m1/s1. The fourth-order valence-electron chi connectivity index (χ4n) is 2.96. The van der Waals surface area contributed by atoms with Gasteiger partial charge in [0, 0.05) is 0 Å². The van der Waals surface area contributed by atoms with Crippen molar-refractivity contribution in [3.05, 3.63) is 0 Å². The van der Waals surface area contributed by atoms with E-state index < -0.39 is 18.3 Å². The summed E-state index contributed by atoms with van der Waals surface area (Å²) in [6, 6.07) is -0.190. The van der Waals surface area contributed by atoms with E-state index in [2.05, 4.69) is 9.64 Å². The molecule has 8 heteroatoms. The van der Waals surface area contributed by atoms with Gasteiger partial charge in [-0.3, -0.25) is 4.90 Å². The second-order valence-corrected chi connectivity index (χ2v) is 5.34. The molecule has 8 nitrogen and oxygen atoms in total. The monoisotopic (exact) mass is 301 g/mol. The maximum atomic E-state index is 11.9. The van der Waals surface area contributed by atoms with Crippen molar-refractivity contribution >= 4 is 12.2 Å². The molecule has 2 saturated heterocycles. The molecule has 2 aliphatic heterocycles. The van der Waals surface area contributed by atoms with E-state index in [1.807, 2.05) is 0 Å². The third-order valence-corrected chi connectivity index (χ3v) is 4.09. The van der Waals surface area contributed by atoms with Gasteiger partial charge in [-0.25, -0.2) is 19.6 Å². The number of hydrazine groups is 1. The Bertz CT molecular complexity index is 386. The minimum Gasteiger partial charge on any atom is -0.452 e. The van der Waals surface area contributed by atoms with Crippen LogP contribution in [0.3, 0.4) is 0 Å². The zero-order valence-corrected chi connectivity index (χ0v) is 12.5. The van der Waals surface area contributed by atoms with Crippen molar-refractivity contribution in [2.24, 2.45) is 0 Å². The van der Waals surface area contributed by atoms with Crippen LogP contribution in [0.4, 0.5) is 9.59 Å². The lowest BCUT2D eigenvalue weighted by atomic mass is 10.0. The number of piperidine rings is 1. The Morgan fingerprint density at radius 1 is 0.952 bits per heavy atom. The number of β-amino-alcohol motifs (C(OH)–C–C–N with tert-alkyl or cyclic N) is 1. The lowest BCUT2D eigenvalue weighted by Crippen LogP contribution is -2.66. The van der Waals surface area contributed by atoms with E-state index in [1.165, 1.54) is 25.6 Å². The first-order valence-electron chi connectivity index (χ1n) is 7.21. The van der Waals surface area contributed by atoms with Crippen LogP contribution < -0.4 is 0 Å². The summed E-state index contributed by atoms with van der Waals surface area (Å²) in [5.41, 5.74) is 0. The predicted molar refractivity (Wildman–Crippen MR) is 73.4 cm³/mol. The van der Waals surface area contributed by atoms with Crippen LogP contribution in [0.5, 0.6) is 0 Å². The van der Waals surface area contributed by atoms with Gasteiger partial charge >= 0.3 is 12.2 Å². The van der Waals surface area contributed by atoms with Gasteiger partial charge in [0.15, 0.2) is 0 Å². The molecule has 0 saturated carbocycles. The Morgan fingerprint density at radius 3 is 2.00 bits per heavy atom. The third kappa shape index (κ3) is 3.38. The average molecular weight is 301 g/mol. The maximum absolute atomic E-state index is 11.9. The van der Waals surface area contributed by atoms with E-state index in [9.17, 15) is 14.7 Å². The number of carbonyl (C=O) groups is 2. The molecule has 0 unspecified atom stereocenters. The second-order valence-electron chi connectivity index (χ2n) is 5.34. The van der Waals surface area contributed by atoms with E-state index >= 15 is 0 Å². The maximum Gasteiger partial charge on any atom is 0.428 e. The number of hydrogen-bond acceptors (Lipinski definition) is 6. The van der Waals surface area contributed by atoms with Gasteiger partial charge in [-0.05, 0) is 25.9 Å². The number of aliphatic hydroxyl groups is 1. The molecule has 2 rings (SSSR count). The van der Waals surface area contributed by atoms with Crippen molar-refractivity contribution in [1.82, 2.24) is 14.9 Å². The summed E-state index contributed by atoms with van der Waals surface area (Å²) in [5.74, 6) is 0. The van der Waals surface area contributed by atoms with Gasteiger partial charge in [0.1, 0.15) is 0 Å². The average Bonchev–Trinajstić information content (AvgIpc) is 2.53. The highest BCUT2D eigenvalue weighted by Gasteiger charge is 2.42. The summed E-state index contributed by atoms with van der Waals surface area (Å²) in [6.45, 7) is 2.02. The number of ether oxygens (including phenoxy) is 2. The number of likely N-dealkylation sites (tertiary alicyclic amines) is 1. The minimum atomic E-state index is -0.719. The Kier molecular flexibility index (Phi) is 5.24. The van der Waals surface area contributed by atoms with Crippen molar-refractivity contribution in [2.75, 3.05) is 40.4 Å². The topological polar surface area (TPSA) is 82.5 Å². The molecule has 0 aromatic rings. The number of methoxy groups -OCH3 is 2. The van der Waals surface area contributed by atoms with Crippen LogP contribution >= 0.6 is 0 Å². The van der Waals surface area contributed by atoms with Gasteiger partial charge in [-0.2, -0.15) is 0 Å². The molecule has 0 spiro atoms. The van der Waals surface area contributed by atoms with Crippen LogP contribution in [0, 0.1) is 0 Å². The summed E-state index contributed by atoms with van der Waals surface area (Å²) in [5, 5.41) is 12.6. The molecule has 2 atom stereocenters. The van der Waals surface area contributed by atoms with Crippen LogP contribution in [-0.4, -0.2) is 84.8 Å². The van der Waals surface area contributed by atoms with Gasteiger partial charge < -0.3 is 14.6 Å². The fraction of sp³-hybridized carbons (Fsp3) is 0.846. The molecule has 0 bridgehead atoms. The summed E-state index contributed by atoms with van der Waals surface area (Å²) >= 11 is 0. The van der Waals surface area contributed by atoms with Crippen LogP contribution in [0.15, 0.2) is 0 Å². The number of amides is 2. The third-order valence-electron chi connectivity index (χ3n) is 4.09. The Morgan fingerprint density at radius 2 is 1.48 bits per heavy atom. The van der Waals surface area contributed by atoms with Gasteiger partial charge in [-0.1, -0.05) is 6.42 Å². The highest BCUT2D eigenvalue weighted by atomic mass is 16.6. The van der Waals surface area contributed by atoms with Crippen molar-refractivity contribution in [3.63, 3.8) is 0 Å². The molecule has 2 fully saturated rings. The first kappa shape index (κ1) is 15.8. The van der Waals surface area contributed by atoms with Crippen molar-refractivity contribution in [1.29, 1.82) is 0 Å². The van der Waals surface area contributed by atoms with E-state index in [0.29, 0.717) is 0 Å². The highest BCUT2D eigenvalue weighted by molar-refractivity contribution is 5.74. The first-order chi connectivity index (χ1) is 10.1. The minimum absolute atomic E-state index is 0.0168.